The van der Waals surface area contributed by atoms with E-state index in [1.54, 1.807) is 0 Å². The minimum Gasteiger partial charge on any atom is -0.379 e. The zero-order chi connectivity index (χ0) is 20.3. The summed E-state index contributed by atoms with van der Waals surface area (Å²) in [5, 5.41) is 0. The topological polar surface area (TPSA) is 51.2 Å². The van der Waals surface area contributed by atoms with E-state index in [-0.39, 0.29) is 0 Å². The molecule has 0 bridgehead atoms. The molecule has 1 heterocycles. The van der Waals surface area contributed by atoms with Crippen molar-refractivity contribution in [2.24, 2.45) is 0 Å². The molecule has 1 saturated heterocycles. The van der Waals surface area contributed by atoms with Crippen LogP contribution >= 0.6 is 0 Å². The molecule has 0 unspecified atom stereocenters. The zero-order valence-corrected chi connectivity index (χ0v) is 18.5. The quantitative estimate of drug-likeness (QED) is 0.330. The van der Waals surface area contributed by atoms with Crippen molar-refractivity contribution in [2.45, 2.75) is 65.2 Å². The van der Waals surface area contributed by atoms with E-state index < -0.39 is 0 Å². The molecular formula is C22H44N2O4. The Morgan fingerprint density at radius 3 is 1.75 bits per heavy atom. The van der Waals surface area contributed by atoms with E-state index in [4.69, 9.17) is 14.2 Å². The minimum absolute atomic E-state index is 0.317. The fourth-order valence-corrected chi connectivity index (χ4v) is 3.30. The zero-order valence-electron chi connectivity index (χ0n) is 18.5. The van der Waals surface area contributed by atoms with Gasteiger partial charge in [0.1, 0.15) is 0 Å². The summed E-state index contributed by atoms with van der Waals surface area (Å²) in [6.07, 6.45) is 8.66. The predicted octanol–water partition coefficient (Wildman–Crippen LogP) is 3.34. The predicted molar refractivity (Wildman–Crippen MR) is 114 cm³/mol. The lowest BCUT2D eigenvalue weighted by atomic mass is 10.1. The first kappa shape index (κ1) is 25.3. The SMILES string of the molecule is CCCCCCOCCOCCOCCCCCC(=O)N1CCN(CC)CC1. The largest absolute Gasteiger partial charge is 0.379 e. The molecular weight excluding hydrogens is 356 g/mol. The van der Waals surface area contributed by atoms with E-state index in [1.165, 1.54) is 19.3 Å². The van der Waals surface area contributed by atoms with Gasteiger partial charge in [0.2, 0.25) is 5.91 Å². The highest BCUT2D eigenvalue weighted by molar-refractivity contribution is 5.76. The van der Waals surface area contributed by atoms with Crippen molar-refractivity contribution < 1.29 is 19.0 Å². The maximum absolute atomic E-state index is 12.2. The Hall–Kier alpha value is -0.690. The number of hydrogen-bond donors (Lipinski definition) is 0. The van der Waals surface area contributed by atoms with E-state index in [1.807, 2.05) is 4.90 Å². The third-order valence-corrected chi connectivity index (χ3v) is 5.24. The summed E-state index contributed by atoms with van der Waals surface area (Å²) in [5.41, 5.74) is 0. The number of hydrogen-bond acceptors (Lipinski definition) is 5. The summed E-state index contributed by atoms with van der Waals surface area (Å²) in [7, 11) is 0. The Kier molecular flexibility index (Phi) is 16.6. The average molecular weight is 401 g/mol. The lowest BCUT2D eigenvalue weighted by Crippen LogP contribution is -2.48. The van der Waals surface area contributed by atoms with Gasteiger partial charge in [-0.25, -0.2) is 0 Å². The maximum atomic E-state index is 12.2. The smallest absolute Gasteiger partial charge is 0.222 e. The summed E-state index contributed by atoms with van der Waals surface area (Å²) >= 11 is 0. The Morgan fingerprint density at radius 1 is 0.679 bits per heavy atom. The van der Waals surface area contributed by atoms with Crippen LogP contribution in [-0.2, 0) is 19.0 Å². The summed E-state index contributed by atoms with van der Waals surface area (Å²) in [6, 6.07) is 0. The van der Waals surface area contributed by atoms with Crippen LogP contribution in [0.1, 0.15) is 65.2 Å². The summed E-state index contributed by atoms with van der Waals surface area (Å²) < 4.78 is 16.6. The molecule has 1 amide bonds. The van der Waals surface area contributed by atoms with E-state index >= 15 is 0 Å². The molecule has 1 rings (SSSR count). The van der Waals surface area contributed by atoms with E-state index in [0.29, 0.717) is 38.8 Å². The maximum Gasteiger partial charge on any atom is 0.222 e. The van der Waals surface area contributed by atoms with Crippen LogP contribution in [0.4, 0.5) is 0 Å². The number of unbranched alkanes of at least 4 members (excludes halogenated alkanes) is 5. The fourth-order valence-electron chi connectivity index (χ4n) is 3.30. The second kappa shape index (κ2) is 18.3. The minimum atomic E-state index is 0.317. The van der Waals surface area contributed by atoms with Gasteiger partial charge >= 0.3 is 0 Å². The molecule has 166 valence electrons. The van der Waals surface area contributed by atoms with E-state index in [9.17, 15) is 4.79 Å². The molecule has 1 aliphatic rings. The van der Waals surface area contributed by atoms with Gasteiger partial charge in [0.05, 0.1) is 26.4 Å². The number of amides is 1. The first-order valence-electron chi connectivity index (χ1n) is 11.5. The summed E-state index contributed by atoms with van der Waals surface area (Å²) in [4.78, 5) is 16.6. The van der Waals surface area contributed by atoms with Gasteiger partial charge in [-0.15, -0.1) is 0 Å². The van der Waals surface area contributed by atoms with Crippen molar-refractivity contribution in [3.63, 3.8) is 0 Å². The summed E-state index contributed by atoms with van der Waals surface area (Å²) in [6.45, 7) is 13.5. The molecule has 0 aliphatic carbocycles. The normalized spacial score (nSPS) is 15.3. The van der Waals surface area contributed by atoms with E-state index in [2.05, 4.69) is 18.7 Å². The number of likely N-dealkylation sites (N-methyl/N-ethyl adjacent to an activating group) is 1. The molecule has 0 aromatic carbocycles. The van der Waals surface area contributed by atoms with Gasteiger partial charge in [0.25, 0.3) is 0 Å². The standard InChI is InChI=1S/C22H44N2O4/c1-3-5-6-9-16-26-18-20-28-21-19-27-17-10-7-8-11-22(25)24-14-12-23(4-2)13-15-24/h3-21H2,1-2H3. The second-order valence-corrected chi connectivity index (χ2v) is 7.52. The van der Waals surface area contributed by atoms with Gasteiger partial charge in [-0.05, 0) is 25.8 Å². The Bertz CT molecular complexity index is 360. The molecule has 0 radical (unpaired) electrons. The molecule has 28 heavy (non-hydrogen) atoms. The van der Waals surface area contributed by atoms with Crippen molar-refractivity contribution in [1.82, 2.24) is 9.80 Å². The van der Waals surface area contributed by atoms with Gasteiger partial charge in [0, 0.05) is 45.8 Å². The number of piperazine rings is 1. The molecule has 0 aromatic heterocycles. The average Bonchev–Trinajstić information content (AvgIpc) is 2.73. The van der Waals surface area contributed by atoms with Crippen LogP contribution < -0.4 is 0 Å². The van der Waals surface area contributed by atoms with Crippen molar-refractivity contribution in [3.05, 3.63) is 0 Å². The van der Waals surface area contributed by atoms with Crippen LogP contribution in [-0.4, -0.2) is 88.1 Å². The molecule has 1 aliphatic heterocycles. The first-order chi connectivity index (χ1) is 13.8. The fraction of sp³-hybridized carbons (Fsp3) is 0.955. The Balaban J connectivity index is 1.77. The van der Waals surface area contributed by atoms with Crippen molar-refractivity contribution in [2.75, 3.05) is 72.4 Å². The van der Waals surface area contributed by atoms with Crippen LogP contribution in [0.2, 0.25) is 0 Å². The Morgan fingerprint density at radius 2 is 1.21 bits per heavy atom. The number of nitrogens with zero attached hydrogens (tertiary/aromatic N) is 2. The van der Waals surface area contributed by atoms with Crippen LogP contribution in [0, 0.1) is 0 Å². The monoisotopic (exact) mass is 400 g/mol. The highest BCUT2D eigenvalue weighted by atomic mass is 16.5. The van der Waals surface area contributed by atoms with E-state index in [0.717, 1.165) is 71.6 Å². The van der Waals surface area contributed by atoms with Gasteiger partial charge < -0.3 is 24.0 Å². The lowest BCUT2D eigenvalue weighted by molar-refractivity contribution is -0.133. The number of rotatable bonds is 18. The molecule has 0 saturated carbocycles. The van der Waals surface area contributed by atoms with Gasteiger partial charge in [-0.3, -0.25) is 4.79 Å². The lowest BCUT2D eigenvalue weighted by Gasteiger charge is -2.34. The third kappa shape index (κ3) is 13.5. The molecule has 0 spiro atoms. The highest BCUT2D eigenvalue weighted by Crippen LogP contribution is 2.07. The molecule has 0 atom stereocenters. The Labute approximate surface area is 172 Å². The molecule has 0 N–H and O–H groups in total. The third-order valence-electron chi connectivity index (χ3n) is 5.24. The number of ether oxygens (including phenoxy) is 3. The highest BCUT2D eigenvalue weighted by Gasteiger charge is 2.19. The van der Waals surface area contributed by atoms with Crippen molar-refractivity contribution >= 4 is 5.91 Å². The number of carbonyl (C=O) groups is 1. The molecule has 6 heteroatoms. The molecule has 1 fully saturated rings. The first-order valence-corrected chi connectivity index (χ1v) is 11.5. The van der Waals surface area contributed by atoms with Gasteiger partial charge in [-0.1, -0.05) is 39.5 Å². The van der Waals surface area contributed by atoms with Crippen LogP contribution in [0.15, 0.2) is 0 Å². The van der Waals surface area contributed by atoms with Crippen LogP contribution in [0.5, 0.6) is 0 Å². The second-order valence-electron chi connectivity index (χ2n) is 7.52. The van der Waals surface area contributed by atoms with Crippen LogP contribution in [0.3, 0.4) is 0 Å². The van der Waals surface area contributed by atoms with Crippen LogP contribution in [0.25, 0.3) is 0 Å². The molecule has 6 nitrogen and oxygen atoms in total. The summed E-state index contributed by atoms with van der Waals surface area (Å²) in [5.74, 6) is 0.317. The van der Waals surface area contributed by atoms with Crippen molar-refractivity contribution in [3.8, 4) is 0 Å². The molecule has 0 aromatic rings. The number of carbonyl (C=O) groups excluding carboxylic acids is 1. The van der Waals surface area contributed by atoms with Gasteiger partial charge in [-0.2, -0.15) is 0 Å². The van der Waals surface area contributed by atoms with Crippen molar-refractivity contribution in [1.29, 1.82) is 0 Å². The van der Waals surface area contributed by atoms with Gasteiger partial charge in [0.15, 0.2) is 0 Å².